The zero-order valence-corrected chi connectivity index (χ0v) is 14.5. The van der Waals surface area contributed by atoms with Gasteiger partial charge >= 0.3 is 5.97 Å². The molecule has 3 aromatic rings. The molecule has 1 aliphatic rings. The fourth-order valence-corrected chi connectivity index (χ4v) is 3.18. The van der Waals surface area contributed by atoms with Crippen molar-refractivity contribution < 1.29 is 19.2 Å². The molecule has 2 amide bonds. The predicted octanol–water partition coefficient (Wildman–Crippen LogP) is 3.47. The van der Waals surface area contributed by atoms with Crippen LogP contribution in [0.1, 0.15) is 49.7 Å². The molecule has 0 N–H and O–H groups in total. The first kappa shape index (κ1) is 16.8. The monoisotopic (exact) mass is 360 g/mol. The number of carbonyl (C=O) groups is 3. The van der Waals surface area contributed by atoms with Crippen LogP contribution < -0.4 is 0 Å². The van der Waals surface area contributed by atoms with Crippen LogP contribution in [0.25, 0.3) is 0 Å². The summed E-state index contributed by atoms with van der Waals surface area (Å²) in [6, 6.07) is 19.3. The third kappa shape index (κ3) is 2.81. The largest absolute Gasteiger partial charge is 0.380 e. The van der Waals surface area contributed by atoms with Crippen molar-refractivity contribution in [2.24, 2.45) is 0 Å². The Morgan fingerprint density at radius 1 is 0.852 bits per heavy atom. The van der Waals surface area contributed by atoms with Crippen molar-refractivity contribution in [3.63, 3.8) is 0 Å². The second-order valence-corrected chi connectivity index (χ2v) is 6.22. The van der Waals surface area contributed by atoms with E-state index < -0.39 is 17.8 Å². The Hall–Kier alpha value is -3.67. The molecule has 6 nitrogen and oxygen atoms in total. The maximum atomic E-state index is 12.7. The van der Waals surface area contributed by atoms with E-state index in [1.54, 1.807) is 35.0 Å². The van der Waals surface area contributed by atoms with Crippen molar-refractivity contribution in [2.75, 3.05) is 0 Å². The predicted molar refractivity (Wildman–Crippen MR) is 97.0 cm³/mol. The minimum Gasteiger partial charge on any atom is -0.335 e. The highest BCUT2D eigenvalue weighted by Gasteiger charge is 2.39. The van der Waals surface area contributed by atoms with Crippen LogP contribution in [-0.2, 0) is 4.84 Å². The van der Waals surface area contributed by atoms with Gasteiger partial charge in [-0.05, 0) is 36.8 Å². The number of rotatable bonds is 4. The van der Waals surface area contributed by atoms with E-state index in [1.807, 2.05) is 37.3 Å². The number of hydrogen-bond donors (Lipinski definition) is 0. The van der Waals surface area contributed by atoms with Crippen LogP contribution in [0.2, 0.25) is 0 Å². The molecule has 2 aromatic carbocycles. The third-order valence-corrected chi connectivity index (χ3v) is 4.62. The van der Waals surface area contributed by atoms with Crippen LogP contribution in [0.4, 0.5) is 0 Å². The molecule has 0 saturated carbocycles. The van der Waals surface area contributed by atoms with Crippen molar-refractivity contribution in [1.82, 2.24) is 9.63 Å². The molecule has 6 heteroatoms. The van der Waals surface area contributed by atoms with Crippen LogP contribution >= 0.6 is 0 Å². The highest BCUT2D eigenvalue weighted by Crippen LogP contribution is 2.25. The van der Waals surface area contributed by atoms with Crippen molar-refractivity contribution in [3.8, 4) is 0 Å². The van der Waals surface area contributed by atoms with Crippen molar-refractivity contribution in [2.45, 2.75) is 13.0 Å². The van der Waals surface area contributed by atoms with Gasteiger partial charge in [-0.25, -0.2) is 4.79 Å². The molecule has 27 heavy (non-hydrogen) atoms. The SMILES string of the molecule is C[C@H](c1ccccc1)n1cccc1C(=O)ON1C(=O)c2ccccc2C1=O. The zero-order chi connectivity index (χ0) is 19.0. The van der Waals surface area contributed by atoms with Gasteiger partial charge in [0.05, 0.1) is 17.2 Å². The van der Waals surface area contributed by atoms with E-state index in [4.69, 9.17) is 4.84 Å². The molecule has 2 heterocycles. The molecular weight excluding hydrogens is 344 g/mol. The molecule has 1 aliphatic heterocycles. The zero-order valence-electron chi connectivity index (χ0n) is 14.5. The number of hydroxylamine groups is 2. The summed E-state index contributed by atoms with van der Waals surface area (Å²) in [4.78, 5) is 42.6. The summed E-state index contributed by atoms with van der Waals surface area (Å²) in [7, 11) is 0. The number of hydrogen-bond acceptors (Lipinski definition) is 4. The quantitative estimate of drug-likeness (QED) is 0.668. The molecule has 1 aromatic heterocycles. The number of amides is 2. The summed E-state index contributed by atoms with van der Waals surface area (Å²) in [5.74, 6) is -2.05. The second-order valence-electron chi connectivity index (χ2n) is 6.22. The molecule has 0 saturated heterocycles. The first-order chi connectivity index (χ1) is 13.1. The highest BCUT2D eigenvalue weighted by molar-refractivity contribution is 6.21. The van der Waals surface area contributed by atoms with E-state index in [0.29, 0.717) is 5.06 Å². The van der Waals surface area contributed by atoms with Gasteiger partial charge in [0, 0.05) is 6.20 Å². The number of carbonyl (C=O) groups excluding carboxylic acids is 3. The summed E-state index contributed by atoms with van der Waals surface area (Å²) in [5, 5.41) is 0.525. The highest BCUT2D eigenvalue weighted by atomic mass is 16.7. The Kier molecular flexibility index (Phi) is 4.08. The first-order valence-electron chi connectivity index (χ1n) is 8.50. The van der Waals surface area contributed by atoms with Gasteiger partial charge in [-0.15, -0.1) is 0 Å². The van der Waals surface area contributed by atoms with E-state index in [1.165, 1.54) is 12.1 Å². The van der Waals surface area contributed by atoms with Crippen molar-refractivity contribution >= 4 is 17.8 Å². The van der Waals surface area contributed by atoms with Gasteiger partial charge < -0.3 is 9.40 Å². The molecule has 0 fully saturated rings. The minimum absolute atomic E-state index is 0.120. The van der Waals surface area contributed by atoms with Gasteiger partial charge in [0.2, 0.25) is 0 Å². The first-order valence-corrected chi connectivity index (χ1v) is 8.50. The summed E-state index contributed by atoms with van der Waals surface area (Å²) >= 11 is 0. The van der Waals surface area contributed by atoms with Crippen LogP contribution in [0, 0.1) is 0 Å². The van der Waals surface area contributed by atoms with Crippen molar-refractivity contribution in [3.05, 3.63) is 95.3 Å². The van der Waals surface area contributed by atoms with Crippen molar-refractivity contribution in [1.29, 1.82) is 0 Å². The Bertz CT molecular complexity index is 1000. The number of fused-ring (bicyclic) bond motifs is 1. The van der Waals surface area contributed by atoms with Gasteiger partial charge in [0.15, 0.2) is 0 Å². The summed E-state index contributed by atoms with van der Waals surface area (Å²) in [6.07, 6.45) is 1.76. The molecule has 0 unspecified atom stereocenters. The van der Waals surface area contributed by atoms with Gasteiger partial charge in [-0.3, -0.25) is 9.59 Å². The van der Waals surface area contributed by atoms with Gasteiger partial charge in [0.25, 0.3) is 11.8 Å². The molecule has 1 atom stereocenters. The maximum Gasteiger partial charge on any atom is 0.380 e. The lowest BCUT2D eigenvalue weighted by molar-refractivity contribution is -0.0591. The molecule has 4 rings (SSSR count). The van der Waals surface area contributed by atoms with Gasteiger partial charge in [-0.2, -0.15) is 0 Å². The average molecular weight is 360 g/mol. The molecule has 0 aliphatic carbocycles. The molecule has 0 radical (unpaired) electrons. The number of benzene rings is 2. The minimum atomic E-state index is -0.766. The van der Waals surface area contributed by atoms with Crippen LogP contribution in [0.15, 0.2) is 72.9 Å². The van der Waals surface area contributed by atoms with Crippen LogP contribution in [0.5, 0.6) is 0 Å². The molecule has 134 valence electrons. The lowest BCUT2D eigenvalue weighted by Gasteiger charge is -2.18. The molecule has 0 bridgehead atoms. The molecular formula is C21H16N2O4. The fraction of sp³-hybridized carbons (Fsp3) is 0.0952. The summed E-state index contributed by atoms with van der Waals surface area (Å²) in [5.41, 5.74) is 1.72. The average Bonchev–Trinajstić information content (AvgIpc) is 3.28. The Morgan fingerprint density at radius 3 is 2.07 bits per heavy atom. The van der Waals surface area contributed by atoms with Gasteiger partial charge in [0.1, 0.15) is 5.69 Å². The Balaban J connectivity index is 1.58. The normalized spacial score (nSPS) is 14.2. The van der Waals surface area contributed by atoms with Gasteiger partial charge in [-0.1, -0.05) is 47.5 Å². The third-order valence-electron chi connectivity index (χ3n) is 4.62. The Labute approximate surface area is 155 Å². The lowest BCUT2D eigenvalue weighted by atomic mass is 10.1. The van der Waals surface area contributed by atoms with E-state index >= 15 is 0 Å². The second kappa shape index (κ2) is 6.57. The standard InChI is InChI=1S/C21H16N2O4/c1-14(15-8-3-2-4-9-15)22-13-7-12-18(22)21(26)27-23-19(24)16-10-5-6-11-17(16)20(23)25/h2-14H,1H3/t14-/m1/s1. The number of nitrogens with zero attached hydrogens (tertiary/aromatic N) is 2. The number of imide groups is 1. The van der Waals surface area contributed by atoms with Crippen LogP contribution in [-0.4, -0.2) is 27.4 Å². The number of aromatic nitrogens is 1. The van der Waals surface area contributed by atoms with E-state index in [-0.39, 0.29) is 22.9 Å². The lowest BCUT2D eigenvalue weighted by Crippen LogP contribution is -2.33. The van der Waals surface area contributed by atoms with E-state index in [9.17, 15) is 14.4 Å². The van der Waals surface area contributed by atoms with Crippen LogP contribution in [0.3, 0.4) is 0 Å². The summed E-state index contributed by atoms with van der Waals surface area (Å²) in [6.45, 7) is 1.95. The Morgan fingerprint density at radius 2 is 1.44 bits per heavy atom. The topological polar surface area (TPSA) is 68.6 Å². The van der Waals surface area contributed by atoms with E-state index in [0.717, 1.165) is 5.56 Å². The smallest absolute Gasteiger partial charge is 0.335 e. The van der Waals surface area contributed by atoms with E-state index in [2.05, 4.69) is 0 Å². The fourth-order valence-electron chi connectivity index (χ4n) is 3.18. The summed E-state index contributed by atoms with van der Waals surface area (Å²) < 4.78 is 1.75. The maximum absolute atomic E-state index is 12.7. The molecule has 0 spiro atoms.